The van der Waals surface area contributed by atoms with Crippen molar-refractivity contribution >= 4 is 0 Å². The molecule has 0 amide bonds. The Morgan fingerprint density at radius 1 is 1.65 bits per heavy atom. The lowest BCUT2D eigenvalue weighted by Gasteiger charge is -2.15. The van der Waals surface area contributed by atoms with Crippen molar-refractivity contribution in [3.63, 3.8) is 0 Å². The molecule has 1 aromatic heterocycles. The van der Waals surface area contributed by atoms with Gasteiger partial charge in [0.1, 0.15) is 12.3 Å². The molecule has 1 fully saturated rings. The molecule has 0 radical (unpaired) electrons. The number of aromatic amines is 1. The smallest absolute Gasteiger partial charge is 0.330 e. The third kappa shape index (κ3) is 2.90. The molecule has 0 aromatic carbocycles. The first-order chi connectivity index (χ1) is 9.56. The Morgan fingerprint density at radius 3 is 3.05 bits per heavy atom. The lowest BCUT2D eigenvalue weighted by atomic mass is 10.2. The molecule has 0 spiro atoms. The van der Waals surface area contributed by atoms with Crippen LogP contribution in [0.25, 0.3) is 0 Å². The van der Waals surface area contributed by atoms with Crippen LogP contribution in [0, 0.1) is 6.92 Å². The summed E-state index contributed by atoms with van der Waals surface area (Å²) >= 11 is 0. The number of rotatable bonds is 5. The van der Waals surface area contributed by atoms with Crippen LogP contribution in [0.5, 0.6) is 0 Å². The van der Waals surface area contributed by atoms with Crippen LogP contribution in [0.1, 0.15) is 18.2 Å². The zero-order chi connectivity index (χ0) is 14.7. The van der Waals surface area contributed by atoms with Crippen molar-refractivity contribution < 1.29 is 14.6 Å². The molecule has 0 bridgehead atoms. The summed E-state index contributed by atoms with van der Waals surface area (Å²) in [5.74, 6) is 0. The molecule has 1 aliphatic rings. The van der Waals surface area contributed by atoms with Gasteiger partial charge in [-0.25, -0.2) is 4.79 Å². The Bertz CT molecular complexity index is 591. The quantitative estimate of drug-likeness (QED) is 0.723. The molecule has 1 aromatic rings. The van der Waals surface area contributed by atoms with Crippen LogP contribution in [0.2, 0.25) is 0 Å². The van der Waals surface area contributed by atoms with Gasteiger partial charge in [0.15, 0.2) is 0 Å². The van der Waals surface area contributed by atoms with Crippen molar-refractivity contribution in [1.82, 2.24) is 9.55 Å². The van der Waals surface area contributed by atoms with Gasteiger partial charge >= 0.3 is 5.69 Å². The van der Waals surface area contributed by atoms with Crippen molar-refractivity contribution in [2.24, 2.45) is 0 Å². The number of aliphatic hydroxyl groups excluding tert-OH is 1. The van der Waals surface area contributed by atoms with Crippen LogP contribution in [0.4, 0.5) is 0 Å². The van der Waals surface area contributed by atoms with Crippen LogP contribution in [-0.2, 0) is 9.47 Å². The fraction of sp³-hybridized carbons (Fsp3) is 0.538. The van der Waals surface area contributed by atoms with E-state index < -0.39 is 23.6 Å². The molecular formula is C13H18N2O5. The summed E-state index contributed by atoms with van der Waals surface area (Å²) in [6.45, 7) is 5.32. The van der Waals surface area contributed by atoms with Crippen LogP contribution in [0.3, 0.4) is 0 Å². The van der Waals surface area contributed by atoms with E-state index >= 15 is 0 Å². The van der Waals surface area contributed by atoms with Gasteiger partial charge in [-0.2, -0.15) is 0 Å². The summed E-state index contributed by atoms with van der Waals surface area (Å²) in [5.41, 5.74) is -0.529. The lowest BCUT2D eigenvalue weighted by molar-refractivity contribution is -0.0582. The van der Waals surface area contributed by atoms with Crippen molar-refractivity contribution in [3.05, 3.63) is 45.3 Å². The molecule has 0 saturated carbocycles. The van der Waals surface area contributed by atoms with E-state index in [2.05, 4.69) is 11.6 Å². The average Bonchev–Trinajstić information content (AvgIpc) is 2.83. The topological polar surface area (TPSA) is 93.6 Å². The molecule has 1 saturated heterocycles. The van der Waals surface area contributed by atoms with E-state index in [-0.39, 0.29) is 12.7 Å². The molecule has 7 nitrogen and oxygen atoms in total. The number of H-pyrrole nitrogens is 1. The summed E-state index contributed by atoms with van der Waals surface area (Å²) in [4.78, 5) is 25.4. The highest BCUT2D eigenvalue weighted by Gasteiger charge is 2.36. The number of nitrogens with zero attached hydrogens (tertiary/aromatic N) is 1. The highest BCUT2D eigenvalue weighted by molar-refractivity contribution is 5.02. The van der Waals surface area contributed by atoms with E-state index in [4.69, 9.17) is 9.47 Å². The van der Waals surface area contributed by atoms with E-state index in [1.54, 1.807) is 13.0 Å². The van der Waals surface area contributed by atoms with Gasteiger partial charge in [0.25, 0.3) is 5.56 Å². The highest BCUT2D eigenvalue weighted by atomic mass is 16.6. The summed E-state index contributed by atoms with van der Waals surface area (Å²) in [7, 11) is 0. The van der Waals surface area contributed by atoms with Crippen LogP contribution >= 0.6 is 0 Å². The van der Waals surface area contributed by atoms with Crippen molar-refractivity contribution in [2.75, 3.05) is 13.2 Å². The van der Waals surface area contributed by atoms with E-state index in [0.717, 1.165) is 0 Å². The highest BCUT2D eigenvalue weighted by Crippen LogP contribution is 2.29. The van der Waals surface area contributed by atoms with Crippen LogP contribution < -0.4 is 11.2 Å². The van der Waals surface area contributed by atoms with Crippen LogP contribution in [-0.4, -0.2) is 40.1 Å². The minimum absolute atomic E-state index is 0.199. The fourth-order valence-corrected chi connectivity index (χ4v) is 2.20. The Hall–Kier alpha value is -1.70. The Balaban J connectivity index is 2.22. The minimum Gasteiger partial charge on any atom is -0.394 e. The monoisotopic (exact) mass is 282 g/mol. The number of aryl methyl sites for hydroxylation is 1. The minimum atomic E-state index is -0.565. The third-order valence-electron chi connectivity index (χ3n) is 3.24. The number of nitrogens with one attached hydrogen (secondary N) is 1. The second-order valence-electron chi connectivity index (χ2n) is 4.69. The Morgan fingerprint density at radius 2 is 2.40 bits per heavy atom. The lowest BCUT2D eigenvalue weighted by Crippen LogP contribution is -2.33. The number of aliphatic hydroxyl groups is 1. The molecule has 2 rings (SSSR count). The first-order valence-corrected chi connectivity index (χ1v) is 6.37. The van der Waals surface area contributed by atoms with Crippen molar-refractivity contribution in [2.45, 2.75) is 31.8 Å². The first kappa shape index (κ1) is 14.7. The van der Waals surface area contributed by atoms with Gasteiger partial charge in [-0.1, -0.05) is 6.08 Å². The summed E-state index contributed by atoms with van der Waals surface area (Å²) < 4.78 is 12.4. The average molecular weight is 282 g/mol. The number of hydrogen-bond acceptors (Lipinski definition) is 5. The van der Waals surface area contributed by atoms with Gasteiger partial charge in [-0.15, -0.1) is 6.58 Å². The zero-order valence-corrected chi connectivity index (χ0v) is 11.2. The summed E-state index contributed by atoms with van der Waals surface area (Å²) in [5, 5.41) is 9.29. The molecule has 2 N–H and O–H groups in total. The maximum Gasteiger partial charge on any atom is 0.330 e. The molecule has 20 heavy (non-hydrogen) atoms. The summed E-state index contributed by atoms with van der Waals surface area (Å²) in [6, 6.07) is 0. The molecular weight excluding hydrogens is 264 g/mol. The van der Waals surface area contributed by atoms with E-state index in [1.165, 1.54) is 10.8 Å². The molecule has 0 aliphatic carbocycles. The van der Waals surface area contributed by atoms with Crippen molar-refractivity contribution in [1.29, 1.82) is 0 Å². The van der Waals surface area contributed by atoms with Gasteiger partial charge < -0.3 is 14.6 Å². The maximum atomic E-state index is 11.8. The van der Waals surface area contributed by atoms with Gasteiger partial charge in [0, 0.05) is 18.2 Å². The van der Waals surface area contributed by atoms with E-state index in [9.17, 15) is 14.7 Å². The molecule has 2 heterocycles. The maximum absolute atomic E-state index is 11.8. The standard InChI is InChI=1S/C13H18N2O5/c1-3-4-19-9-5-11(20-10(9)7-16)15-6-8(2)12(17)14-13(15)18/h3,6,9-11,16H,1,4-5,7H2,2H3,(H,14,17,18)/t9-,10-,11-/m1/s1. The number of aromatic nitrogens is 2. The first-order valence-electron chi connectivity index (χ1n) is 6.37. The number of hydrogen-bond donors (Lipinski definition) is 2. The Kier molecular flexibility index (Phi) is 4.53. The molecule has 110 valence electrons. The van der Waals surface area contributed by atoms with Crippen LogP contribution in [0.15, 0.2) is 28.4 Å². The van der Waals surface area contributed by atoms with Gasteiger partial charge in [0.05, 0.1) is 19.3 Å². The predicted octanol–water partition coefficient (Wildman–Crippen LogP) is -0.304. The van der Waals surface area contributed by atoms with E-state index in [0.29, 0.717) is 18.6 Å². The second-order valence-corrected chi connectivity index (χ2v) is 4.69. The molecule has 0 unspecified atom stereocenters. The Labute approximate surface area is 115 Å². The number of ether oxygens (including phenoxy) is 2. The second kappa shape index (κ2) is 6.17. The molecule has 3 atom stereocenters. The zero-order valence-electron chi connectivity index (χ0n) is 11.2. The van der Waals surface area contributed by atoms with Gasteiger partial charge in [-0.3, -0.25) is 14.3 Å². The predicted molar refractivity (Wildman–Crippen MR) is 71.6 cm³/mol. The van der Waals surface area contributed by atoms with Crippen molar-refractivity contribution in [3.8, 4) is 0 Å². The SMILES string of the molecule is C=CCO[C@@H]1C[C@H](n2cc(C)c(=O)[nH]c2=O)O[C@@H]1CO. The fourth-order valence-electron chi connectivity index (χ4n) is 2.20. The third-order valence-corrected chi connectivity index (χ3v) is 3.24. The molecule has 7 heteroatoms. The van der Waals surface area contributed by atoms with Gasteiger partial charge in [-0.05, 0) is 6.92 Å². The largest absolute Gasteiger partial charge is 0.394 e. The molecule has 1 aliphatic heterocycles. The van der Waals surface area contributed by atoms with Gasteiger partial charge in [0.2, 0.25) is 0 Å². The van der Waals surface area contributed by atoms with E-state index in [1.807, 2.05) is 0 Å². The normalized spacial score (nSPS) is 25.8. The summed E-state index contributed by atoms with van der Waals surface area (Å²) in [6.07, 6.45) is 2.10.